The van der Waals surface area contributed by atoms with Crippen LogP contribution in [0.25, 0.3) is 27.7 Å². The highest BCUT2D eigenvalue weighted by Gasteiger charge is 2.18. The number of pyridine rings is 1. The number of rotatable bonds is 3. The molecule has 2 N–H and O–H groups in total. The molecule has 0 aliphatic carbocycles. The second kappa shape index (κ2) is 6.32. The predicted octanol–water partition coefficient (Wildman–Crippen LogP) is 1.95. The average Bonchev–Trinajstić information content (AvgIpc) is 3.01. The average molecular weight is 365 g/mol. The fourth-order valence-electron chi connectivity index (χ4n) is 3.03. The van der Waals surface area contributed by atoms with Crippen molar-refractivity contribution in [3.8, 4) is 11.1 Å². The second-order valence-electron chi connectivity index (χ2n) is 5.74. The number of benzene rings is 1. The summed E-state index contributed by atoms with van der Waals surface area (Å²) in [6.45, 7) is 0.332. The van der Waals surface area contributed by atoms with Gasteiger partial charge >= 0.3 is 0 Å². The highest BCUT2D eigenvalue weighted by atomic mass is 32.1. The Labute approximate surface area is 153 Å². The second-order valence-corrected chi connectivity index (χ2v) is 6.16. The zero-order chi connectivity index (χ0) is 18.3. The minimum absolute atomic E-state index is 0.0116. The van der Waals surface area contributed by atoms with Gasteiger partial charge in [-0.1, -0.05) is 30.3 Å². The van der Waals surface area contributed by atoms with Crippen LogP contribution in [0.5, 0.6) is 0 Å². The third-order valence-electron chi connectivity index (χ3n) is 4.17. The van der Waals surface area contributed by atoms with Gasteiger partial charge in [-0.3, -0.25) is 9.36 Å². The molecule has 0 bridgehead atoms. The molecule has 8 heteroatoms. The molecule has 3 aromatic heterocycles. The van der Waals surface area contributed by atoms with E-state index in [0.29, 0.717) is 23.2 Å². The third kappa shape index (κ3) is 2.47. The topological polar surface area (TPSA) is 87.4 Å². The summed E-state index contributed by atoms with van der Waals surface area (Å²) in [5.41, 5.74) is 9.17. The van der Waals surface area contributed by atoms with E-state index in [1.807, 2.05) is 30.3 Å². The molecular weight excluding hydrogens is 350 g/mol. The maximum atomic E-state index is 12.6. The molecule has 0 saturated carbocycles. The van der Waals surface area contributed by atoms with Crippen molar-refractivity contribution in [2.75, 3.05) is 7.11 Å². The highest BCUT2D eigenvalue weighted by molar-refractivity contribution is 7.80. The van der Waals surface area contributed by atoms with E-state index in [9.17, 15) is 4.79 Å². The molecule has 4 rings (SSSR count). The van der Waals surface area contributed by atoms with Crippen LogP contribution in [0.3, 0.4) is 0 Å². The van der Waals surface area contributed by atoms with Gasteiger partial charge in [0.15, 0.2) is 10.8 Å². The number of methoxy groups -OCH3 is 1. The SMILES string of the molecule is COCc1nn2c(ncc3c(=O)n(C(N)=S)ccc32)c1-c1ccccc1. The summed E-state index contributed by atoms with van der Waals surface area (Å²) >= 11 is 4.91. The van der Waals surface area contributed by atoms with Gasteiger partial charge in [0.2, 0.25) is 0 Å². The van der Waals surface area contributed by atoms with Gasteiger partial charge in [0.25, 0.3) is 5.56 Å². The Hall–Kier alpha value is -3.10. The number of aromatic nitrogens is 4. The van der Waals surface area contributed by atoms with Crippen LogP contribution in [0.2, 0.25) is 0 Å². The summed E-state index contributed by atoms with van der Waals surface area (Å²) in [5.74, 6) is 0. The van der Waals surface area contributed by atoms with E-state index < -0.39 is 0 Å². The molecule has 0 amide bonds. The van der Waals surface area contributed by atoms with Crippen LogP contribution in [0.4, 0.5) is 0 Å². The van der Waals surface area contributed by atoms with Crippen molar-refractivity contribution < 1.29 is 4.74 Å². The van der Waals surface area contributed by atoms with Crippen molar-refractivity contribution in [2.45, 2.75) is 6.61 Å². The summed E-state index contributed by atoms with van der Waals surface area (Å²) in [6.07, 6.45) is 3.08. The Kier molecular flexibility index (Phi) is 3.98. The molecule has 0 atom stereocenters. The lowest BCUT2D eigenvalue weighted by Gasteiger charge is -2.06. The van der Waals surface area contributed by atoms with Crippen LogP contribution in [0.15, 0.2) is 53.6 Å². The lowest BCUT2D eigenvalue weighted by atomic mass is 10.1. The first-order chi connectivity index (χ1) is 12.6. The van der Waals surface area contributed by atoms with Crippen molar-refractivity contribution >= 4 is 33.9 Å². The molecule has 3 heterocycles. The first kappa shape index (κ1) is 16.4. The largest absolute Gasteiger partial charge is 0.378 e. The zero-order valence-corrected chi connectivity index (χ0v) is 14.7. The van der Waals surface area contributed by atoms with Crippen molar-refractivity contribution in [3.05, 3.63) is 64.8 Å². The van der Waals surface area contributed by atoms with E-state index in [1.165, 1.54) is 10.8 Å². The number of fused-ring (bicyclic) bond motifs is 3. The molecular formula is C18H15N5O2S. The zero-order valence-electron chi connectivity index (χ0n) is 13.9. The van der Waals surface area contributed by atoms with Crippen LogP contribution in [-0.4, -0.2) is 31.4 Å². The molecule has 130 valence electrons. The molecule has 0 radical (unpaired) electrons. The lowest BCUT2D eigenvalue weighted by molar-refractivity contribution is 0.181. The van der Waals surface area contributed by atoms with E-state index in [1.54, 1.807) is 23.9 Å². The van der Waals surface area contributed by atoms with Gasteiger partial charge < -0.3 is 10.5 Å². The number of hydrogen-bond acceptors (Lipinski definition) is 5. The summed E-state index contributed by atoms with van der Waals surface area (Å²) in [7, 11) is 1.62. The highest BCUT2D eigenvalue weighted by Crippen LogP contribution is 2.29. The summed E-state index contributed by atoms with van der Waals surface area (Å²) < 4.78 is 8.18. The number of thiocarbonyl (C=S) groups is 1. The van der Waals surface area contributed by atoms with Gasteiger partial charge in [-0.2, -0.15) is 5.10 Å². The van der Waals surface area contributed by atoms with E-state index in [4.69, 9.17) is 22.7 Å². The third-order valence-corrected chi connectivity index (χ3v) is 4.36. The molecule has 4 aromatic rings. The minimum Gasteiger partial charge on any atom is -0.378 e. The monoisotopic (exact) mass is 365 g/mol. The maximum Gasteiger partial charge on any atom is 0.267 e. The molecule has 0 unspecified atom stereocenters. The Morgan fingerprint density at radius 3 is 2.73 bits per heavy atom. The van der Waals surface area contributed by atoms with Crippen LogP contribution >= 0.6 is 12.2 Å². The first-order valence-electron chi connectivity index (χ1n) is 7.88. The molecule has 1 aromatic carbocycles. The number of ether oxygens (including phenoxy) is 1. The quantitative estimate of drug-likeness (QED) is 0.559. The Morgan fingerprint density at radius 2 is 2.04 bits per heavy atom. The standard InChI is InChI=1S/C18H15N5O2S/c1-25-10-13-15(11-5-3-2-4-6-11)16-20-9-12-14(23(16)21-13)7-8-22(17(12)24)18(19)26/h2-9H,10H2,1H3,(H2,19,26). The van der Waals surface area contributed by atoms with Gasteiger partial charge in [-0.25, -0.2) is 9.50 Å². The first-order valence-corrected chi connectivity index (χ1v) is 8.29. The van der Waals surface area contributed by atoms with Crippen LogP contribution in [0, 0.1) is 0 Å². The van der Waals surface area contributed by atoms with E-state index in [0.717, 1.165) is 16.8 Å². The Bertz CT molecular complexity index is 1200. The molecule has 0 saturated heterocycles. The van der Waals surface area contributed by atoms with Crippen molar-refractivity contribution in [2.24, 2.45) is 5.73 Å². The molecule has 0 aliphatic rings. The number of nitrogens with two attached hydrogens (primary N) is 1. The van der Waals surface area contributed by atoms with Crippen molar-refractivity contribution in [1.82, 2.24) is 19.2 Å². The fraction of sp³-hybridized carbons (Fsp3) is 0.111. The lowest BCUT2D eigenvalue weighted by Crippen LogP contribution is -2.31. The van der Waals surface area contributed by atoms with Gasteiger partial charge in [-0.15, -0.1) is 0 Å². The predicted molar refractivity (Wildman–Crippen MR) is 103 cm³/mol. The van der Waals surface area contributed by atoms with Gasteiger partial charge in [0, 0.05) is 19.5 Å². The molecule has 26 heavy (non-hydrogen) atoms. The number of nitrogens with zero attached hydrogens (tertiary/aromatic N) is 4. The van der Waals surface area contributed by atoms with Gasteiger partial charge in [0.1, 0.15) is 0 Å². The van der Waals surface area contributed by atoms with Crippen LogP contribution in [-0.2, 0) is 11.3 Å². The Morgan fingerprint density at radius 1 is 1.27 bits per heavy atom. The number of hydrogen-bond donors (Lipinski definition) is 1. The van der Waals surface area contributed by atoms with Crippen LogP contribution < -0.4 is 11.3 Å². The van der Waals surface area contributed by atoms with E-state index >= 15 is 0 Å². The van der Waals surface area contributed by atoms with Crippen molar-refractivity contribution in [3.63, 3.8) is 0 Å². The van der Waals surface area contributed by atoms with Gasteiger partial charge in [0.05, 0.1) is 28.8 Å². The molecule has 0 fully saturated rings. The van der Waals surface area contributed by atoms with E-state index in [-0.39, 0.29) is 10.7 Å². The van der Waals surface area contributed by atoms with Crippen LogP contribution in [0.1, 0.15) is 5.69 Å². The molecule has 0 spiro atoms. The minimum atomic E-state index is -0.325. The Balaban J connectivity index is 2.09. The normalized spacial score (nSPS) is 11.3. The smallest absolute Gasteiger partial charge is 0.267 e. The maximum absolute atomic E-state index is 12.6. The molecule has 0 aliphatic heterocycles. The van der Waals surface area contributed by atoms with E-state index in [2.05, 4.69) is 10.1 Å². The summed E-state index contributed by atoms with van der Waals surface area (Å²) in [4.78, 5) is 17.1. The summed E-state index contributed by atoms with van der Waals surface area (Å²) in [5, 5.41) is 5.02. The summed E-state index contributed by atoms with van der Waals surface area (Å²) in [6, 6.07) is 11.6. The fourth-order valence-corrected chi connectivity index (χ4v) is 3.17. The van der Waals surface area contributed by atoms with Crippen molar-refractivity contribution in [1.29, 1.82) is 0 Å². The van der Waals surface area contributed by atoms with Gasteiger partial charge in [-0.05, 0) is 23.8 Å². The molecule has 7 nitrogen and oxygen atoms in total.